The first-order valence-corrected chi connectivity index (χ1v) is 7.77. The molecule has 1 saturated heterocycles. The third-order valence-corrected chi connectivity index (χ3v) is 4.45. The molecule has 0 aromatic rings. The lowest BCUT2D eigenvalue weighted by Crippen LogP contribution is -2.38. The van der Waals surface area contributed by atoms with E-state index < -0.39 is 0 Å². The van der Waals surface area contributed by atoms with Gasteiger partial charge in [0.25, 0.3) is 0 Å². The molecule has 3 heteroatoms. The largest absolute Gasteiger partial charge is 0.343 e. The Morgan fingerprint density at radius 1 is 1.22 bits per heavy atom. The minimum absolute atomic E-state index is 0.345. The van der Waals surface area contributed by atoms with Crippen molar-refractivity contribution in [1.29, 1.82) is 0 Å². The summed E-state index contributed by atoms with van der Waals surface area (Å²) in [6.45, 7) is 5.07. The van der Waals surface area contributed by atoms with Crippen molar-refractivity contribution >= 4 is 5.91 Å². The van der Waals surface area contributed by atoms with E-state index in [9.17, 15) is 4.79 Å². The first-order valence-electron chi connectivity index (χ1n) is 7.77. The molecule has 2 aliphatic rings. The van der Waals surface area contributed by atoms with Crippen LogP contribution in [0.15, 0.2) is 0 Å². The van der Waals surface area contributed by atoms with Crippen LogP contribution in [-0.4, -0.2) is 36.5 Å². The zero-order valence-corrected chi connectivity index (χ0v) is 11.8. The van der Waals surface area contributed by atoms with Gasteiger partial charge in [0.2, 0.25) is 5.91 Å². The van der Waals surface area contributed by atoms with Crippen LogP contribution >= 0.6 is 0 Å². The van der Waals surface area contributed by atoms with Crippen LogP contribution in [0.25, 0.3) is 0 Å². The second-order valence-electron chi connectivity index (χ2n) is 6.08. The molecule has 2 rings (SSSR count). The fourth-order valence-corrected chi connectivity index (χ4v) is 3.04. The molecule has 1 aliphatic carbocycles. The number of piperidine rings is 1. The summed E-state index contributed by atoms with van der Waals surface area (Å²) in [6, 6.07) is 0.574. The fraction of sp³-hybridized carbons (Fsp3) is 0.933. The minimum atomic E-state index is 0.345. The van der Waals surface area contributed by atoms with Crippen LogP contribution in [0.2, 0.25) is 0 Å². The Kier molecular flexibility index (Phi) is 5.48. The van der Waals surface area contributed by atoms with Gasteiger partial charge in [-0.3, -0.25) is 4.79 Å². The van der Waals surface area contributed by atoms with Gasteiger partial charge in [0.1, 0.15) is 0 Å². The Hall–Kier alpha value is -0.570. The average molecular weight is 252 g/mol. The highest BCUT2D eigenvalue weighted by molar-refractivity contribution is 5.76. The van der Waals surface area contributed by atoms with E-state index in [4.69, 9.17) is 0 Å². The first kappa shape index (κ1) is 13.9. The molecule has 18 heavy (non-hydrogen) atoms. The maximum absolute atomic E-state index is 12.0. The summed E-state index contributed by atoms with van der Waals surface area (Å²) >= 11 is 0. The molecule has 1 heterocycles. The van der Waals surface area contributed by atoms with Crippen LogP contribution < -0.4 is 5.32 Å². The summed E-state index contributed by atoms with van der Waals surface area (Å²) in [6.07, 6.45) is 9.89. The number of amides is 1. The third-order valence-electron chi connectivity index (χ3n) is 4.45. The number of carbonyl (C=O) groups is 1. The van der Waals surface area contributed by atoms with Crippen LogP contribution in [0.5, 0.6) is 0 Å². The summed E-state index contributed by atoms with van der Waals surface area (Å²) in [5.74, 6) is 1.29. The van der Waals surface area contributed by atoms with Crippen LogP contribution in [0, 0.1) is 5.92 Å². The lowest BCUT2D eigenvalue weighted by Gasteiger charge is -2.29. The average Bonchev–Trinajstić information content (AvgIpc) is 2.35. The van der Waals surface area contributed by atoms with Gasteiger partial charge in [0, 0.05) is 32.1 Å². The van der Waals surface area contributed by atoms with Crippen molar-refractivity contribution in [3.8, 4) is 0 Å². The molecule has 3 nitrogen and oxygen atoms in total. The van der Waals surface area contributed by atoms with Gasteiger partial charge in [0.15, 0.2) is 0 Å². The van der Waals surface area contributed by atoms with Gasteiger partial charge in [-0.05, 0) is 38.5 Å². The first-order chi connectivity index (χ1) is 8.75. The van der Waals surface area contributed by atoms with Crippen molar-refractivity contribution in [2.45, 2.75) is 64.3 Å². The van der Waals surface area contributed by atoms with Gasteiger partial charge >= 0.3 is 0 Å². The second kappa shape index (κ2) is 7.13. The zero-order valence-electron chi connectivity index (χ0n) is 11.8. The molecule has 0 bridgehead atoms. The Bertz CT molecular complexity index is 257. The van der Waals surface area contributed by atoms with E-state index in [0.29, 0.717) is 18.4 Å². The Labute approximate surface area is 111 Å². The van der Waals surface area contributed by atoms with Crippen LogP contribution in [0.3, 0.4) is 0 Å². The van der Waals surface area contributed by atoms with Gasteiger partial charge in [-0.2, -0.15) is 0 Å². The number of rotatable bonds is 6. The number of nitrogens with zero attached hydrogens (tertiary/aromatic N) is 1. The van der Waals surface area contributed by atoms with Crippen molar-refractivity contribution < 1.29 is 4.79 Å². The van der Waals surface area contributed by atoms with Crippen molar-refractivity contribution in [2.75, 3.05) is 19.6 Å². The molecule has 104 valence electrons. The van der Waals surface area contributed by atoms with Crippen LogP contribution in [-0.2, 0) is 4.79 Å². The van der Waals surface area contributed by atoms with Crippen molar-refractivity contribution in [3.05, 3.63) is 0 Å². The summed E-state index contributed by atoms with van der Waals surface area (Å²) in [5, 5.41) is 3.50. The smallest absolute Gasteiger partial charge is 0.223 e. The summed E-state index contributed by atoms with van der Waals surface area (Å²) < 4.78 is 0. The van der Waals surface area contributed by atoms with Crippen molar-refractivity contribution in [1.82, 2.24) is 10.2 Å². The van der Waals surface area contributed by atoms with Crippen LogP contribution in [0.4, 0.5) is 0 Å². The van der Waals surface area contributed by atoms with E-state index in [0.717, 1.165) is 25.6 Å². The second-order valence-corrected chi connectivity index (χ2v) is 6.08. The Balaban J connectivity index is 1.54. The fourth-order valence-electron chi connectivity index (χ4n) is 3.04. The molecule has 1 atom stereocenters. The van der Waals surface area contributed by atoms with Gasteiger partial charge < -0.3 is 10.2 Å². The normalized spacial score (nSPS) is 22.6. The molecule has 2 fully saturated rings. The standard InChI is InChI=1S/C15H28N2O/c1-13(12-14-6-5-7-14)16-9-8-15(18)17-10-3-2-4-11-17/h13-14,16H,2-12H2,1H3. The molecular formula is C15H28N2O. The number of carbonyl (C=O) groups excluding carboxylic acids is 1. The third kappa shape index (κ3) is 4.27. The van der Waals surface area contributed by atoms with Gasteiger partial charge in [-0.25, -0.2) is 0 Å². The molecule has 1 unspecified atom stereocenters. The van der Waals surface area contributed by atoms with E-state index in [1.807, 2.05) is 4.90 Å². The highest BCUT2D eigenvalue weighted by atomic mass is 16.2. The van der Waals surface area contributed by atoms with E-state index in [2.05, 4.69) is 12.2 Å². The highest BCUT2D eigenvalue weighted by Crippen LogP contribution is 2.30. The summed E-state index contributed by atoms with van der Waals surface area (Å²) in [4.78, 5) is 14.0. The van der Waals surface area contributed by atoms with Crippen LogP contribution in [0.1, 0.15) is 58.3 Å². The molecule has 0 aromatic heterocycles. The van der Waals surface area contributed by atoms with E-state index >= 15 is 0 Å². The van der Waals surface area contributed by atoms with E-state index in [1.165, 1.54) is 44.9 Å². The molecule has 1 amide bonds. The lowest BCUT2D eigenvalue weighted by molar-refractivity contribution is -0.132. The molecule has 0 radical (unpaired) electrons. The van der Waals surface area contributed by atoms with Crippen molar-refractivity contribution in [3.63, 3.8) is 0 Å². The maximum atomic E-state index is 12.0. The predicted octanol–water partition coefficient (Wildman–Crippen LogP) is 2.56. The SMILES string of the molecule is CC(CC1CCC1)NCCC(=O)N1CCCCC1. The quantitative estimate of drug-likeness (QED) is 0.788. The van der Waals surface area contributed by atoms with Gasteiger partial charge in [-0.1, -0.05) is 19.3 Å². The monoisotopic (exact) mass is 252 g/mol. The van der Waals surface area contributed by atoms with E-state index in [1.54, 1.807) is 0 Å². The summed E-state index contributed by atoms with van der Waals surface area (Å²) in [5.41, 5.74) is 0. The predicted molar refractivity (Wildman–Crippen MR) is 74.5 cm³/mol. The molecule has 0 spiro atoms. The van der Waals surface area contributed by atoms with E-state index in [-0.39, 0.29) is 0 Å². The number of hydrogen-bond donors (Lipinski definition) is 1. The van der Waals surface area contributed by atoms with Gasteiger partial charge in [0.05, 0.1) is 0 Å². The molecule has 1 saturated carbocycles. The maximum Gasteiger partial charge on any atom is 0.223 e. The molecular weight excluding hydrogens is 224 g/mol. The van der Waals surface area contributed by atoms with Gasteiger partial charge in [-0.15, -0.1) is 0 Å². The lowest BCUT2D eigenvalue weighted by atomic mass is 9.81. The Morgan fingerprint density at radius 2 is 1.94 bits per heavy atom. The molecule has 0 aromatic carbocycles. The zero-order chi connectivity index (χ0) is 12.8. The van der Waals surface area contributed by atoms with Crippen molar-refractivity contribution in [2.24, 2.45) is 5.92 Å². The topological polar surface area (TPSA) is 32.3 Å². The summed E-state index contributed by atoms with van der Waals surface area (Å²) in [7, 11) is 0. The number of nitrogens with one attached hydrogen (secondary N) is 1. The Morgan fingerprint density at radius 3 is 2.56 bits per heavy atom. The minimum Gasteiger partial charge on any atom is -0.343 e. The highest BCUT2D eigenvalue weighted by Gasteiger charge is 2.20. The molecule has 1 N–H and O–H groups in total. The molecule has 1 aliphatic heterocycles. The number of hydrogen-bond acceptors (Lipinski definition) is 2. The number of likely N-dealkylation sites (tertiary alicyclic amines) is 1.